The fraction of sp³-hybridized carbons (Fsp3) is 0.320. The summed E-state index contributed by atoms with van der Waals surface area (Å²) in [5.41, 5.74) is 4.61. The number of carbonyl (C=O) groups excluding carboxylic acids is 1. The third-order valence-corrected chi connectivity index (χ3v) is 6.50. The highest BCUT2D eigenvalue weighted by Crippen LogP contribution is 2.33. The van der Waals surface area contributed by atoms with E-state index in [4.69, 9.17) is 0 Å². The molecule has 0 saturated carbocycles. The van der Waals surface area contributed by atoms with Gasteiger partial charge in [-0.1, -0.05) is 24.3 Å². The molecule has 2 aromatic carbocycles. The van der Waals surface area contributed by atoms with Crippen LogP contribution in [0.25, 0.3) is 17.0 Å². The van der Waals surface area contributed by atoms with Crippen LogP contribution in [0, 0.1) is 5.82 Å². The summed E-state index contributed by atoms with van der Waals surface area (Å²) >= 11 is 0. The van der Waals surface area contributed by atoms with E-state index in [0.29, 0.717) is 18.9 Å². The molecular weight excluding hydrogens is 377 g/mol. The van der Waals surface area contributed by atoms with Gasteiger partial charge in [-0.2, -0.15) is 0 Å². The van der Waals surface area contributed by atoms with Gasteiger partial charge in [-0.25, -0.2) is 4.39 Å². The summed E-state index contributed by atoms with van der Waals surface area (Å²) in [5, 5.41) is 1.00. The summed E-state index contributed by atoms with van der Waals surface area (Å²) < 4.78 is 13.7. The smallest absolute Gasteiger partial charge is 0.228 e. The third kappa shape index (κ3) is 3.77. The second-order valence-electron chi connectivity index (χ2n) is 8.34. The van der Waals surface area contributed by atoms with Crippen molar-refractivity contribution in [2.24, 2.45) is 0 Å². The van der Waals surface area contributed by atoms with Crippen LogP contribution in [0.5, 0.6) is 0 Å². The van der Waals surface area contributed by atoms with E-state index in [1.165, 1.54) is 22.8 Å². The Morgan fingerprint density at radius 3 is 2.83 bits per heavy atom. The Bertz CT molecular complexity index is 1090. The molecule has 3 heterocycles. The molecule has 1 aromatic heterocycles. The zero-order valence-electron chi connectivity index (χ0n) is 17.0. The first-order valence-corrected chi connectivity index (χ1v) is 10.7. The van der Waals surface area contributed by atoms with Crippen LogP contribution in [-0.2, 0) is 11.3 Å². The molecule has 1 N–H and O–H groups in total. The van der Waals surface area contributed by atoms with Gasteiger partial charge in [0.15, 0.2) is 0 Å². The Balaban J connectivity index is 1.14. The number of halogens is 1. The molecule has 5 heteroatoms. The number of carbonyl (C=O) groups is 1. The van der Waals surface area contributed by atoms with Gasteiger partial charge in [0.2, 0.25) is 5.91 Å². The summed E-state index contributed by atoms with van der Waals surface area (Å²) in [6.07, 6.45) is 8.58. The highest BCUT2D eigenvalue weighted by Gasteiger charge is 2.24. The molecule has 4 nitrogen and oxygen atoms in total. The van der Waals surface area contributed by atoms with Gasteiger partial charge in [0.1, 0.15) is 5.82 Å². The topological polar surface area (TPSA) is 39.3 Å². The number of likely N-dealkylation sites (tertiary alicyclic amines) is 1. The number of hydrogen-bond acceptors (Lipinski definition) is 2. The minimum absolute atomic E-state index is 0.176. The maximum absolute atomic E-state index is 13.7. The number of rotatable bonds is 4. The van der Waals surface area contributed by atoms with E-state index in [2.05, 4.69) is 22.0 Å². The van der Waals surface area contributed by atoms with Gasteiger partial charge >= 0.3 is 0 Å². The second-order valence-corrected chi connectivity index (χ2v) is 8.34. The quantitative estimate of drug-likeness (QED) is 0.674. The molecule has 1 saturated heterocycles. The molecule has 0 unspecified atom stereocenters. The van der Waals surface area contributed by atoms with Gasteiger partial charge in [0.25, 0.3) is 0 Å². The van der Waals surface area contributed by atoms with E-state index >= 15 is 0 Å². The van der Waals surface area contributed by atoms with Crippen molar-refractivity contribution in [3.63, 3.8) is 0 Å². The van der Waals surface area contributed by atoms with E-state index in [1.807, 2.05) is 41.6 Å². The van der Waals surface area contributed by atoms with Gasteiger partial charge in [-0.15, -0.1) is 0 Å². The Morgan fingerprint density at radius 1 is 1.13 bits per heavy atom. The van der Waals surface area contributed by atoms with Crippen LogP contribution in [0.15, 0.2) is 54.9 Å². The molecule has 2 aliphatic rings. The highest BCUT2D eigenvalue weighted by atomic mass is 19.1. The molecule has 1 fully saturated rings. The highest BCUT2D eigenvalue weighted by molar-refractivity contribution is 5.83. The molecule has 0 atom stereocenters. The number of hydrogen-bond donors (Lipinski definition) is 1. The summed E-state index contributed by atoms with van der Waals surface area (Å²) in [4.78, 5) is 20.2. The van der Waals surface area contributed by atoms with Crippen molar-refractivity contribution in [3.05, 3.63) is 77.4 Å². The van der Waals surface area contributed by atoms with Crippen molar-refractivity contribution < 1.29 is 9.18 Å². The molecule has 5 rings (SSSR count). The van der Waals surface area contributed by atoms with Gasteiger partial charge in [-0.3, -0.25) is 4.79 Å². The Hall–Kier alpha value is -2.92. The van der Waals surface area contributed by atoms with Crippen molar-refractivity contribution >= 4 is 22.9 Å². The number of nitrogens with zero attached hydrogens (tertiary/aromatic N) is 2. The number of benzene rings is 2. The fourth-order valence-electron chi connectivity index (χ4n) is 4.74. The Labute approximate surface area is 176 Å². The summed E-state index contributed by atoms with van der Waals surface area (Å²) in [6.45, 7) is 3.39. The number of nitrogens with one attached hydrogen (secondary N) is 1. The lowest BCUT2D eigenvalue weighted by atomic mass is 9.89. The van der Waals surface area contributed by atoms with Gasteiger partial charge in [0.05, 0.1) is 6.54 Å². The number of fused-ring (bicyclic) bond motifs is 2. The number of aromatic nitrogens is 1. The first kappa shape index (κ1) is 19.1. The van der Waals surface area contributed by atoms with E-state index in [0.717, 1.165) is 43.4 Å². The average molecular weight is 404 g/mol. The van der Waals surface area contributed by atoms with Gasteiger partial charge < -0.3 is 14.8 Å². The van der Waals surface area contributed by atoms with E-state index in [9.17, 15) is 9.18 Å². The average Bonchev–Trinajstić information content (AvgIpc) is 3.20. The van der Waals surface area contributed by atoms with Crippen molar-refractivity contribution in [1.29, 1.82) is 0 Å². The lowest BCUT2D eigenvalue weighted by molar-refractivity contribution is -0.129. The molecular formula is C25H26FN3O. The van der Waals surface area contributed by atoms with Crippen LogP contribution in [0.4, 0.5) is 4.39 Å². The summed E-state index contributed by atoms with van der Waals surface area (Å²) in [5.74, 6) is 0.428. The fourth-order valence-corrected chi connectivity index (χ4v) is 4.74. The second kappa shape index (κ2) is 8.07. The standard InChI is InChI=1S/C25H26FN3O/c26-21-5-6-24-22(15-21)23(16-27-24)19-7-11-28(12-8-19)13-10-25(30)29-14-9-18-3-1-2-4-20(18)17-29/h1-6,9,14-16,19,27H,7-8,10-13,17H2. The number of H-pyrrole nitrogens is 1. The lowest BCUT2D eigenvalue weighted by Gasteiger charge is -2.32. The minimum atomic E-state index is -0.186. The molecule has 0 radical (unpaired) electrons. The first-order chi connectivity index (χ1) is 14.7. The Kier molecular flexibility index (Phi) is 5.13. The molecule has 3 aromatic rings. The molecule has 1 amide bonds. The van der Waals surface area contributed by atoms with E-state index < -0.39 is 0 Å². The van der Waals surface area contributed by atoms with Gasteiger partial charge in [-0.05, 0) is 72.8 Å². The summed E-state index contributed by atoms with van der Waals surface area (Å²) in [7, 11) is 0. The number of aromatic amines is 1. The summed E-state index contributed by atoms with van der Waals surface area (Å²) in [6, 6.07) is 13.2. The Morgan fingerprint density at radius 2 is 1.97 bits per heavy atom. The van der Waals surface area contributed by atoms with Gasteiger partial charge in [0, 0.05) is 36.3 Å². The zero-order valence-corrected chi connectivity index (χ0v) is 17.0. The monoisotopic (exact) mass is 403 g/mol. The van der Waals surface area contributed by atoms with Crippen LogP contribution in [0.3, 0.4) is 0 Å². The van der Waals surface area contributed by atoms with Crippen LogP contribution >= 0.6 is 0 Å². The molecule has 30 heavy (non-hydrogen) atoms. The molecule has 2 aliphatic heterocycles. The molecule has 0 bridgehead atoms. The zero-order chi connectivity index (χ0) is 20.5. The number of amides is 1. The van der Waals surface area contributed by atoms with Crippen molar-refractivity contribution in [2.45, 2.75) is 31.7 Å². The normalized spacial score (nSPS) is 17.4. The van der Waals surface area contributed by atoms with Crippen LogP contribution in [0.1, 0.15) is 41.9 Å². The largest absolute Gasteiger partial charge is 0.361 e. The predicted octanol–water partition coefficient (Wildman–Crippen LogP) is 4.89. The maximum Gasteiger partial charge on any atom is 0.228 e. The van der Waals surface area contributed by atoms with Crippen molar-refractivity contribution in [2.75, 3.05) is 19.6 Å². The third-order valence-electron chi connectivity index (χ3n) is 6.50. The predicted molar refractivity (Wildman–Crippen MR) is 117 cm³/mol. The van der Waals surface area contributed by atoms with Crippen molar-refractivity contribution in [1.82, 2.24) is 14.8 Å². The minimum Gasteiger partial charge on any atom is -0.361 e. The van der Waals surface area contributed by atoms with Crippen LogP contribution in [0.2, 0.25) is 0 Å². The van der Waals surface area contributed by atoms with Crippen molar-refractivity contribution in [3.8, 4) is 0 Å². The van der Waals surface area contributed by atoms with Crippen LogP contribution < -0.4 is 0 Å². The SMILES string of the molecule is O=C(CCN1CCC(c2c[nH]c3ccc(F)cc23)CC1)N1C=Cc2ccccc2C1. The first-order valence-electron chi connectivity index (χ1n) is 10.7. The molecule has 0 spiro atoms. The van der Waals surface area contributed by atoms with E-state index in [1.54, 1.807) is 6.07 Å². The molecule has 0 aliphatic carbocycles. The maximum atomic E-state index is 13.7. The van der Waals surface area contributed by atoms with E-state index in [-0.39, 0.29) is 11.7 Å². The molecule has 154 valence electrons. The van der Waals surface area contributed by atoms with Crippen LogP contribution in [-0.4, -0.2) is 40.3 Å². The number of piperidine rings is 1. The lowest BCUT2D eigenvalue weighted by Crippen LogP contribution is -2.36.